The Morgan fingerprint density at radius 1 is 1.30 bits per heavy atom. The Hall–Kier alpha value is -3.14. The van der Waals surface area contributed by atoms with Crippen LogP contribution in [0.1, 0.15) is 28.8 Å². The third kappa shape index (κ3) is 3.92. The smallest absolute Gasteiger partial charge is 0.387 e. The zero-order valence-electron chi connectivity index (χ0n) is 17.6. The molecule has 2 fully saturated rings. The Balaban J connectivity index is 1.56. The van der Waals surface area contributed by atoms with Crippen LogP contribution in [0.25, 0.3) is 16.9 Å². The number of nitrogens with zero attached hydrogens (tertiary/aromatic N) is 2. The van der Waals surface area contributed by atoms with Gasteiger partial charge in [0.15, 0.2) is 11.5 Å². The van der Waals surface area contributed by atoms with Crippen LogP contribution in [0.5, 0.6) is 11.5 Å². The van der Waals surface area contributed by atoms with E-state index in [0.29, 0.717) is 22.5 Å². The highest BCUT2D eigenvalue weighted by Crippen LogP contribution is 2.42. The molecule has 174 valence electrons. The summed E-state index contributed by atoms with van der Waals surface area (Å²) in [4.78, 5) is 17.1. The van der Waals surface area contributed by atoms with Crippen LogP contribution in [0.4, 0.5) is 17.6 Å². The van der Waals surface area contributed by atoms with Gasteiger partial charge in [-0.1, -0.05) is 0 Å². The van der Waals surface area contributed by atoms with E-state index in [1.54, 1.807) is 22.7 Å². The summed E-state index contributed by atoms with van der Waals surface area (Å²) in [7, 11) is 1.30. The molecule has 10 heteroatoms. The van der Waals surface area contributed by atoms with Gasteiger partial charge in [-0.25, -0.2) is 13.8 Å². The van der Waals surface area contributed by atoms with Crippen LogP contribution in [-0.4, -0.2) is 48.3 Å². The zero-order chi connectivity index (χ0) is 23.3. The first-order chi connectivity index (χ1) is 15.8. The second kappa shape index (κ2) is 8.02. The molecule has 2 atom stereocenters. The maximum atomic E-state index is 14.7. The molecule has 0 amide bonds. The molecule has 1 aliphatic heterocycles. The van der Waals surface area contributed by atoms with Gasteiger partial charge in [-0.3, -0.25) is 9.20 Å². The van der Waals surface area contributed by atoms with Crippen molar-refractivity contribution in [3.8, 4) is 22.8 Å². The van der Waals surface area contributed by atoms with Crippen molar-refractivity contribution in [2.24, 2.45) is 5.92 Å². The molecule has 2 aliphatic rings. The van der Waals surface area contributed by atoms with Gasteiger partial charge >= 0.3 is 6.61 Å². The first-order valence-corrected chi connectivity index (χ1v) is 10.4. The zero-order valence-corrected chi connectivity index (χ0v) is 17.6. The van der Waals surface area contributed by atoms with Crippen molar-refractivity contribution in [2.45, 2.75) is 31.3 Å². The van der Waals surface area contributed by atoms with Gasteiger partial charge in [0.1, 0.15) is 28.9 Å². The number of benzene rings is 1. The number of hydrogen-bond acceptors (Lipinski definition) is 5. The van der Waals surface area contributed by atoms with E-state index in [1.165, 1.54) is 25.4 Å². The number of Topliss-reactive ketones (excluding diaryl/α,β-unsaturated/α-hetero) is 1. The van der Waals surface area contributed by atoms with Gasteiger partial charge in [0, 0.05) is 24.1 Å². The predicted octanol–water partition coefficient (Wildman–Crippen LogP) is 4.74. The Kier molecular flexibility index (Phi) is 5.27. The fourth-order valence-electron chi connectivity index (χ4n) is 4.05. The Morgan fingerprint density at radius 3 is 2.64 bits per heavy atom. The summed E-state index contributed by atoms with van der Waals surface area (Å²) in [6, 6.07) is 6.02. The predicted molar refractivity (Wildman–Crippen MR) is 109 cm³/mol. The number of aromatic nitrogens is 2. The molecule has 1 saturated heterocycles. The highest BCUT2D eigenvalue weighted by Gasteiger charge is 2.41. The van der Waals surface area contributed by atoms with Crippen LogP contribution in [0.15, 0.2) is 36.7 Å². The lowest BCUT2D eigenvalue weighted by Crippen LogP contribution is -2.42. The highest BCUT2D eigenvalue weighted by atomic mass is 19.3. The molecule has 0 bridgehead atoms. The van der Waals surface area contributed by atoms with E-state index < -0.39 is 30.2 Å². The molecule has 3 aromatic rings. The number of fused-ring (bicyclic) bond motifs is 1. The molecule has 0 unspecified atom stereocenters. The number of ketones is 1. The first-order valence-electron chi connectivity index (χ1n) is 10.4. The molecule has 33 heavy (non-hydrogen) atoms. The number of alkyl halides is 4. The van der Waals surface area contributed by atoms with Crippen LogP contribution in [0.3, 0.4) is 0 Å². The summed E-state index contributed by atoms with van der Waals surface area (Å²) in [5.41, 5.74) is 0.0701. The number of pyridine rings is 1. The van der Waals surface area contributed by atoms with Crippen LogP contribution >= 0.6 is 0 Å². The van der Waals surface area contributed by atoms with Crippen molar-refractivity contribution in [3.63, 3.8) is 0 Å². The number of ether oxygens (including phenoxy) is 3. The number of halogens is 4. The van der Waals surface area contributed by atoms with Gasteiger partial charge in [0.05, 0.1) is 32.2 Å². The Bertz CT molecular complexity index is 1220. The summed E-state index contributed by atoms with van der Waals surface area (Å²) in [6.45, 7) is -3.23. The maximum absolute atomic E-state index is 14.7. The van der Waals surface area contributed by atoms with E-state index >= 15 is 0 Å². The first kappa shape index (κ1) is 21.7. The largest absolute Gasteiger partial charge is 0.496 e. The topological polar surface area (TPSA) is 62.1 Å². The molecule has 3 heterocycles. The van der Waals surface area contributed by atoms with E-state index in [1.807, 2.05) is 0 Å². The van der Waals surface area contributed by atoms with E-state index in [-0.39, 0.29) is 43.1 Å². The molecule has 1 saturated carbocycles. The lowest BCUT2D eigenvalue weighted by atomic mass is 9.95. The van der Waals surface area contributed by atoms with Crippen LogP contribution in [0.2, 0.25) is 0 Å². The lowest BCUT2D eigenvalue weighted by Gasteiger charge is -2.34. The molecule has 0 N–H and O–H groups in total. The maximum Gasteiger partial charge on any atom is 0.387 e. The average molecular weight is 464 g/mol. The van der Waals surface area contributed by atoms with E-state index in [9.17, 15) is 22.4 Å². The second-order valence-corrected chi connectivity index (χ2v) is 8.31. The standard InChI is InChI=1S/C23H20F4N2O4/c1-31-18-6-13(7-19(33-22(25)26)21(18)17(30)5-12-4-15(12)24)16-9-28-20-8-14(2-3-29(16)20)23(27)10-32-11-23/h2-3,6-9,12,15,22H,4-5,10-11H2,1H3/t12-,15-/m0/s1. The fraction of sp³-hybridized carbons (Fsp3) is 0.391. The molecular weight excluding hydrogens is 444 g/mol. The molecule has 5 rings (SSSR count). The van der Waals surface area contributed by atoms with Crippen molar-refractivity contribution < 1.29 is 36.6 Å². The third-order valence-corrected chi connectivity index (χ3v) is 6.05. The van der Waals surface area contributed by atoms with Gasteiger partial charge in [-0.2, -0.15) is 8.78 Å². The highest BCUT2D eigenvalue weighted by molar-refractivity contribution is 6.02. The van der Waals surface area contributed by atoms with Crippen LogP contribution in [0, 0.1) is 5.92 Å². The third-order valence-electron chi connectivity index (χ3n) is 6.05. The fourth-order valence-corrected chi connectivity index (χ4v) is 4.05. The van der Waals surface area contributed by atoms with Gasteiger partial charge in [-0.15, -0.1) is 0 Å². The minimum Gasteiger partial charge on any atom is -0.496 e. The number of hydrogen-bond donors (Lipinski definition) is 0. The molecule has 1 aromatic carbocycles. The second-order valence-electron chi connectivity index (χ2n) is 8.31. The molecular formula is C23H20F4N2O4. The normalized spacial score (nSPS) is 21.2. The number of rotatable bonds is 8. The van der Waals surface area contributed by atoms with Gasteiger partial charge < -0.3 is 14.2 Å². The van der Waals surface area contributed by atoms with E-state index in [0.717, 1.165) is 0 Å². The molecule has 1 aliphatic carbocycles. The minimum atomic E-state index is -3.18. The van der Waals surface area contributed by atoms with Gasteiger partial charge in [0.25, 0.3) is 0 Å². The van der Waals surface area contributed by atoms with Crippen molar-refractivity contribution in [1.29, 1.82) is 0 Å². The van der Waals surface area contributed by atoms with Crippen LogP contribution in [-0.2, 0) is 10.4 Å². The molecule has 2 aromatic heterocycles. The monoisotopic (exact) mass is 464 g/mol. The summed E-state index contributed by atoms with van der Waals surface area (Å²) < 4.78 is 70.9. The molecule has 0 spiro atoms. The van der Waals surface area contributed by atoms with E-state index in [2.05, 4.69) is 9.72 Å². The molecule has 6 nitrogen and oxygen atoms in total. The quantitative estimate of drug-likeness (QED) is 0.356. The van der Waals surface area contributed by atoms with Crippen molar-refractivity contribution >= 4 is 11.4 Å². The average Bonchev–Trinajstić information content (AvgIpc) is 3.28. The van der Waals surface area contributed by atoms with Gasteiger partial charge in [-0.05, 0) is 36.2 Å². The summed E-state index contributed by atoms with van der Waals surface area (Å²) >= 11 is 0. The molecule has 0 radical (unpaired) electrons. The minimum absolute atomic E-state index is 0.0260. The summed E-state index contributed by atoms with van der Waals surface area (Å²) in [5.74, 6) is -1.28. The van der Waals surface area contributed by atoms with Crippen molar-refractivity contribution in [2.75, 3.05) is 20.3 Å². The number of methoxy groups -OCH3 is 1. The Morgan fingerprint density at radius 2 is 2.03 bits per heavy atom. The summed E-state index contributed by atoms with van der Waals surface area (Å²) in [5, 5.41) is 0. The Labute approximate surface area is 186 Å². The van der Waals surface area contributed by atoms with Crippen molar-refractivity contribution in [3.05, 3.63) is 47.8 Å². The van der Waals surface area contributed by atoms with Crippen LogP contribution < -0.4 is 9.47 Å². The number of carbonyl (C=O) groups is 1. The SMILES string of the molecule is COc1cc(-c2cnc3cc(C4(F)COC4)ccn23)cc(OC(F)F)c1C(=O)C[C@@H]1C[C@@H]1F. The number of carbonyl (C=O) groups excluding carboxylic acids is 1. The summed E-state index contributed by atoms with van der Waals surface area (Å²) in [6.07, 6.45) is 2.22. The lowest BCUT2D eigenvalue weighted by molar-refractivity contribution is -0.135. The van der Waals surface area contributed by atoms with Gasteiger partial charge in [0.2, 0.25) is 0 Å². The number of imidazole rings is 1. The van der Waals surface area contributed by atoms with E-state index in [4.69, 9.17) is 9.47 Å². The van der Waals surface area contributed by atoms with Crippen molar-refractivity contribution in [1.82, 2.24) is 9.38 Å².